The Bertz CT molecular complexity index is 863. The van der Waals surface area contributed by atoms with Gasteiger partial charge in [-0.15, -0.1) is 0 Å². The SMILES string of the molecule is CCCN(C(=O)CNC(=O)OC(C)(C)C)C(C(=O)NCCC(=O)OCC)c1ccc(C)cc1C. The lowest BCUT2D eigenvalue weighted by atomic mass is 9.96. The third kappa shape index (κ3) is 9.80. The van der Waals surface area contributed by atoms with Crippen LogP contribution in [0.15, 0.2) is 18.2 Å². The lowest BCUT2D eigenvalue weighted by molar-refractivity contribution is -0.143. The predicted octanol–water partition coefficient (Wildman–Crippen LogP) is 3.18. The van der Waals surface area contributed by atoms with Crippen molar-refractivity contribution >= 4 is 23.9 Å². The number of rotatable bonds is 11. The maximum atomic E-state index is 13.3. The number of hydrogen-bond acceptors (Lipinski definition) is 6. The van der Waals surface area contributed by atoms with E-state index in [0.717, 1.165) is 11.1 Å². The van der Waals surface area contributed by atoms with Crippen molar-refractivity contribution in [1.29, 1.82) is 0 Å². The summed E-state index contributed by atoms with van der Waals surface area (Å²) >= 11 is 0. The number of amides is 3. The highest BCUT2D eigenvalue weighted by molar-refractivity contribution is 5.90. The van der Waals surface area contributed by atoms with Crippen LogP contribution in [0.3, 0.4) is 0 Å². The minimum absolute atomic E-state index is 0.0289. The number of benzene rings is 1. The van der Waals surface area contributed by atoms with Gasteiger partial charge in [0.25, 0.3) is 0 Å². The fourth-order valence-corrected chi connectivity index (χ4v) is 3.40. The van der Waals surface area contributed by atoms with Crippen LogP contribution in [0.1, 0.15) is 70.2 Å². The summed E-state index contributed by atoms with van der Waals surface area (Å²) in [6.07, 6.45) is -0.0733. The van der Waals surface area contributed by atoms with Gasteiger partial charge < -0.3 is 25.0 Å². The number of esters is 1. The summed E-state index contributed by atoms with van der Waals surface area (Å²) in [7, 11) is 0. The Morgan fingerprint density at radius 2 is 1.74 bits per heavy atom. The van der Waals surface area contributed by atoms with E-state index < -0.39 is 35.5 Å². The number of ether oxygens (including phenoxy) is 2. The molecule has 0 heterocycles. The first-order valence-corrected chi connectivity index (χ1v) is 11.7. The molecule has 9 nitrogen and oxygen atoms in total. The van der Waals surface area contributed by atoms with Crippen molar-refractivity contribution in [2.45, 2.75) is 73.0 Å². The lowest BCUT2D eigenvalue weighted by Gasteiger charge is -2.32. The molecular weight excluding hydrogens is 438 g/mol. The highest BCUT2D eigenvalue weighted by Crippen LogP contribution is 2.26. The summed E-state index contributed by atoms with van der Waals surface area (Å²) < 4.78 is 10.1. The topological polar surface area (TPSA) is 114 Å². The van der Waals surface area contributed by atoms with Crippen LogP contribution in [0, 0.1) is 13.8 Å². The molecule has 190 valence electrons. The normalized spacial score (nSPS) is 11.9. The molecular formula is C25H39N3O6. The van der Waals surface area contributed by atoms with Gasteiger partial charge in [0.1, 0.15) is 18.2 Å². The molecule has 1 atom stereocenters. The van der Waals surface area contributed by atoms with Crippen LogP contribution in [0.5, 0.6) is 0 Å². The number of hydrogen-bond donors (Lipinski definition) is 2. The molecule has 0 aliphatic carbocycles. The molecule has 9 heteroatoms. The third-order valence-corrected chi connectivity index (χ3v) is 4.78. The summed E-state index contributed by atoms with van der Waals surface area (Å²) in [5.74, 6) is -1.23. The number of aryl methyl sites for hydroxylation is 2. The van der Waals surface area contributed by atoms with E-state index in [-0.39, 0.29) is 26.1 Å². The van der Waals surface area contributed by atoms with Crippen LogP contribution in [0.4, 0.5) is 4.79 Å². The zero-order valence-electron chi connectivity index (χ0n) is 21.4. The average molecular weight is 478 g/mol. The molecule has 0 saturated heterocycles. The van der Waals surface area contributed by atoms with Gasteiger partial charge in [0.2, 0.25) is 11.8 Å². The van der Waals surface area contributed by atoms with Gasteiger partial charge in [-0.3, -0.25) is 14.4 Å². The highest BCUT2D eigenvalue weighted by Gasteiger charge is 2.32. The average Bonchev–Trinajstić information content (AvgIpc) is 2.72. The Balaban J connectivity index is 3.13. The van der Waals surface area contributed by atoms with E-state index in [1.165, 1.54) is 4.90 Å². The molecule has 0 aliphatic heterocycles. The number of alkyl carbamates (subject to hydrolysis) is 1. The van der Waals surface area contributed by atoms with Crippen LogP contribution in [-0.4, -0.2) is 60.6 Å². The quantitative estimate of drug-likeness (QED) is 0.473. The van der Waals surface area contributed by atoms with Crippen molar-refractivity contribution < 1.29 is 28.7 Å². The van der Waals surface area contributed by atoms with Crippen molar-refractivity contribution in [2.24, 2.45) is 0 Å². The van der Waals surface area contributed by atoms with E-state index >= 15 is 0 Å². The smallest absolute Gasteiger partial charge is 0.408 e. The highest BCUT2D eigenvalue weighted by atomic mass is 16.6. The number of nitrogens with one attached hydrogen (secondary N) is 2. The van der Waals surface area contributed by atoms with Gasteiger partial charge in [0, 0.05) is 13.1 Å². The predicted molar refractivity (Wildman–Crippen MR) is 129 cm³/mol. The Morgan fingerprint density at radius 3 is 2.29 bits per heavy atom. The van der Waals surface area contributed by atoms with Crippen LogP contribution in [0.25, 0.3) is 0 Å². The molecule has 0 radical (unpaired) electrons. The molecule has 0 fully saturated rings. The van der Waals surface area contributed by atoms with Crippen molar-refractivity contribution in [2.75, 3.05) is 26.2 Å². The molecule has 0 bridgehead atoms. The monoisotopic (exact) mass is 477 g/mol. The van der Waals surface area contributed by atoms with E-state index in [2.05, 4.69) is 10.6 Å². The maximum Gasteiger partial charge on any atom is 0.408 e. The molecule has 0 spiro atoms. The maximum absolute atomic E-state index is 13.3. The van der Waals surface area contributed by atoms with Crippen LogP contribution in [0.2, 0.25) is 0 Å². The zero-order chi connectivity index (χ0) is 25.9. The number of carbonyl (C=O) groups excluding carboxylic acids is 4. The van der Waals surface area contributed by atoms with E-state index in [4.69, 9.17) is 9.47 Å². The van der Waals surface area contributed by atoms with Crippen LogP contribution >= 0.6 is 0 Å². The van der Waals surface area contributed by atoms with Crippen molar-refractivity contribution in [3.8, 4) is 0 Å². The molecule has 1 unspecified atom stereocenters. The molecule has 1 aromatic rings. The number of carbonyl (C=O) groups is 4. The van der Waals surface area contributed by atoms with Crippen molar-refractivity contribution in [3.63, 3.8) is 0 Å². The molecule has 2 N–H and O–H groups in total. The van der Waals surface area contributed by atoms with Gasteiger partial charge in [-0.1, -0.05) is 30.7 Å². The fraction of sp³-hybridized carbons (Fsp3) is 0.600. The molecule has 3 amide bonds. The molecule has 0 aromatic heterocycles. The summed E-state index contributed by atoms with van der Waals surface area (Å²) in [4.78, 5) is 51.6. The second kappa shape index (κ2) is 13.6. The van der Waals surface area contributed by atoms with Gasteiger partial charge in [-0.25, -0.2) is 4.79 Å². The largest absolute Gasteiger partial charge is 0.466 e. The van der Waals surface area contributed by atoms with Gasteiger partial charge in [-0.2, -0.15) is 0 Å². The van der Waals surface area contributed by atoms with Crippen LogP contribution in [-0.2, 0) is 23.9 Å². The number of nitrogens with zero attached hydrogens (tertiary/aromatic N) is 1. The van der Waals surface area contributed by atoms with E-state index in [0.29, 0.717) is 18.5 Å². The Labute approximate surface area is 202 Å². The minimum Gasteiger partial charge on any atom is -0.466 e. The standard InChI is InChI=1S/C25H39N3O6/c1-8-14-28(20(29)16-27-24(32)34-25(5,6)7)22(19-11-10-17(3)15-18(19)4)23(31)26-13-12-21(30)33-9-2/h10-11,15,22H,8-9,12-14,16H2,1-7H3,(H,26,31)(H,27,32). The van der Waals surface area contributed by atoms with Crippen molar-refractivity contribution in [1.82, 2.24) is 15.5 Å². The second-order valence-corrected chi connectivity index (χ2v) is 9.05. The molecule has 34 heavy (non-hydrogen) atoms. The first kappa shape index (κ1) is 28.9. The molecule has 1 aromatic carbocycles. The Kier molecular flexibility index (Phi) is 11.5. The zero-order valence-corrected chi connectivity index (χ0v) is 21.4. The Morgan fingerprint density at radius 1 is 1.06 bits per heavy atom. The summed E-state index contributed by atoms with van der Waals surface area (Å²) in [6, 6.07) is 4.74. The third-order valence-electron chi connectivity index (χ3n) is 4.78. The first-order chi connectivity index (χ1) is 15.9. The van der Waals surface area contributed by atoms with E-state index in [1.807, 2.05) is 39.0 Å². The summed E-state index contributed by atoms with van der Waals surface area (Å²) in [5, 5.41) is 5.23. The van der Waals surface area contributed by atoms with Gasteiger partial charge >= 0.3 is 12.1 Å². The van der Waals surface area contributed by atoms with Crippen LogP contribution < -0.4 is 10.6 Å². The first-order valence-electron chi connectivity index (χ1n) is 11.7. The van der Waals surface area contributed by atoms with Crippen molar-refractivity contribution in [3.05, 3.63) is 34.9 Å². The molecule has 0 saturated carbocycles. The summed E-state index contributed by atoms with van der Waals surface area (Å²) in [6.45, 7) is 13.0. The van der Waals surface area contributed by atoms with E-state index in [1.54, 1.807) is 27.7 Å². The van der Waals surface area contributed by atoms with Gasteiger partial charge in [0.05, 0.1) is 13.0 Å². The van der Waals surface area contributed by atoms with Gasteiger partial charge in [-0.05, 0) is 59.1 Å². The van der Waals surface area contributed by atoms with E-state index in [9.17, 15) is 19.2 Å². The molecule has 0 aliphatic rings. The molecule has 1 rings (SSSR count). The Hall–Kier alpha value is -3.10. The minimum atomic E-state index is -0.921. The summed E-state index contributed by atoms with van der Waals surface area (Å²) in [5.41, 5.74) is 1.87. The fourth-order valence-electron chi connectivity index (χ4n) is 3.40. The van der Waals surface area contributed by atoms with Gasteiger partial charge in [0.15, 0.2) is 0 Å². The lowest BCUT2D eigenvalue weighted by Crippen LogP contribution is -2.48. The second-order valence-electron chi connectivity index (χ2n) is 9.05.